The standard InChI is InChI=1S/C18H24N2O4S2/c1-12(2)17(23)25-10-9-19-16(22)15(20-13(3)21)11-26-18(24)14-7-5-4-6-8-14/h4-8,12,15H,9-11H2,1-3H3,(H,19,22)(H,20,21)/t15-/m0/s1. The quantitative estimate of drug-likeness (QED) is 0.621. The van der Waals surface area contributed by atoms with E-state index in [1.165, 1.54) is 18.7 Å². The first kappa shape index (κ1) is 22.2. The molecule has 2 amide bonds. The van der Waals surface area contributed by atoms with Crippen LogP contribution in [-0.2, 0) is 14.4 Å². The summed E-state index contributed by atoms with van der Waals surface area (Å²) in [6.45, 7) is 5.28. The Labute approximate surface area is 162 Å². The van der Waals surface area contributed by atoms with Gasteiger partial charge in [-0.25, -0.2) is 0 Å². The van der Waals surface area contributed by atoms with Crippen molar-refractivity contribution in [3.05, 3.63) is 35.9 Å². The maximum Gasteiger partial charge on any atom is 0.243 e. The summed E-state index contributed by atoms with van der Waals surface area (Å²) in [4.78, 5) is 47.3. The fourth-order valence-corrected chi connectivity index (χ4v) is 3.45. The topological polar surface area (TPSA) is 92.3 Å². The third-order valence-corrected chi connectivity index (χ3v) is 5.36. The minimum Gasteiger partial charge on any atom is -0.353 e. The lowest BCUT2D eigenvalue weighted by molar-refractivity contribution is -0.127. The van der Waals surface area contributed by atoms with Crippen LogP contribution in [0.4, 0.5) is 0 Å². The molecular weight excluding hydrogens is 372 g/mol. The fourth-order valence-electron chi connectivity index (χ4n) is 1.86. The first-order chi connectivity index (χ1) is 12.3. The van der Waals surface area contributed by atoms with E-state index in [1.54, 1.807) is 24.3 Å². The molecule has 0 aromatic heterocycles. The van der Waals surface area contributed by atoms with Gasteiger partial charge in [0.15, 0.2) is 5.12 Å². The van der Waals surface area contributed by atoms with Gasteiger partial charge in [0.2, 0.25) is 16.9 Å². The summed E-state index contributed by atoms with van der Waals surface area (Å²) in [5.41, 5.74) is 0.545. The van der Waals surface area contributed by atoms with E-state index in [4.69, 9.17) is 0 Å². The minimum atomic E-state index is -0.809. The first-order valence-electron chi connectivity index (χ1n) is 8.25. The van der Waals surface area contributed by atoms with Gasteiger partial charge in [-0.1, -0.05) is 67.7 Å². The smallest absolute Gasteiger partial charge is 0.243 e. The van der Waals surface area contributed by atoms with Gasteiger partial charge in [-0.2, -0.15) is 0 Å². The van der Waals surface area contributed by atoms with Crippen molar-refractivity contribution in [1.29, 1.82) is 0 Å². The summed E-state index contributed by atoms with van der Waals surface area (Å²) in [5, 5.41) is 5.16. The highest BCUT2D eigenvalue weighted by Crippen LogP contribution is 2.13. The Bertz CT molecular complexity index is 635. The van der Waals surface area contributed by atoms with Crippen molar-refractivity contribution in [2.75, 3.05) is 18.1 Å². The fraction of sp³-hybridized carbons (Fsp3) is 0.444. The minimum absolute atomic E-state index is 0.0526. The van der Waals surface area contributed by atoms with Crippen molar-refractivity contribution in [3.8, 4) is 0 Å². The van der Waals surface area contributed by atoms with E-state index < -0.39 is 6.04 Å². The number of amides is 2. The summed E-state index contributed by atoms with van der Waals surface area (Å²) in [7, 11) is 0. The van der Waals surface area contributed by atoms with Crippen LogP contribution in [0, 0.1) is 5.92 Å². The van der Waals surface area contributed by atoms with Crippen LogP contribution >= 0.6 is 23.5 Å². The Kier molecular flexibility index (Phi) is 10.0. The molecule has 1 aromatic rings. The van der Waals surface area contributed by atoms with Gasteiger partial charge in [-0.15, -0.1) is 0 Å². The predicted octanol–water partition coefficient (Wildman–Crippen LogP) is 2.10. The van der Waals surface area contributed by atoms with Gasteiger partial charge in [0.05, 0.1) is 0 Å². The largest absolute Gasteiger partial charge is 0.353 e. The van der Waals surface area contributed by atoms with Gasteiger partial charge >= 0.3 is 0 Å². The average Bonchev–Trinajstić information content (AvgIpc) is 2.61. The van der Waals surface area contributed by atoms with Gasteiger partial charge in [0.1, 0.15) is 6.04 Å². The number of carbonyl (C=O) groups is 4. The van der Waals surface area contributed by atoms with Crippen LogP contribution in [0.25, 0.3) is 0 Å². The summed E-state index contributed by atoms with van der Waals surface area (Å²) >= 11 is 2.15. The monoisotopic (exact) mass is 396 g/mol. The van der Waals surface area contributed by atoms with E-state index in [1.807, 2.05) is 19.9 Å². The molecular formula is C18H24N2O4S2. The lowest BCUT2D eigenvalue weighted by Crippen LogP contribution is -2.48. The molecule has 0 heterocycles. The number of hydrogen-bond acceptors (Lipinski definition) is 6. The molecule has 0 radical (unpaired) electrons. The Balaban J connectivity index is 2.49. The Morgan fingerprint density at radius 1 is 1.04 bits per heavy atom. The number of thioether (sulfide) groups is 2. The third kappa shape index (κ3) is 8.53. The zero-order chi connectivity index (χ0) is 19.5. The third-order valence-electron chi connectivity index (χ3n) is 3.20. The summed E-state index contributed by atoms with van der Waals surface area (Å²) < 4.78 is 0. The molecule has 0 bridgehead atoms. The van der Waals surface area contributed by atoms with Gasteiger partial charge in [-0.05, 0) is 0 Å². The van der Waals surface area contributed by atoms with Crippen molar-refractivity contribution >= 4 is 45.6 Å². The Morgan fingerprint density at radius 3 is 2.27 bits per heavy atom. The lowest BCUT2D eigenvalue weighted by atomic mass is 10.2. The van der Waals surface area contributed by atoms with E-state index in [0.717, 1.165) is 11.8 Å². The summed E-state index contributed by atoms with van der Waals surface area (Å²) in [5.74, 6) is -0.167. The molecule has 0 fully saturated rings. The van der Waals surface area contributed by atoms with Gasteiger partial charge in [0, 0.05) is 36.5 Å². The number of rotatable bonds is 9. The molecule has 0 saturated carbocycles. The van der Waals surface area contributed by atoms with Crippen molar-refractivity contribution in [2.45, 2.75) is 26.8 Å². The second-order valence-electron chi connectivity index (χ2n) is 5.83. The molecule has 0 saturated heterocycles. The molecule has 0 aliphatic rings. The van der Waals surface area contributed by atoms with Gasteiger partial charge in [0.25, 0.3) is 0 Å². The van der Waals surface area contributed by atoms with Crippen LogP contribution in [0.1, 0.15) is 31.1 Å². The molecule has 1 atom stereocenters. The van der Waals surface area contributed by atoms with Crippen molar-refractivity contribution in [1.82, 2.24) is 10.6 Å². The molecule has 26 heavy (non-hydrogen) atoms. The number of nitrogens with one attached hydrogen (secondary N) is 2. The zero-order valence-corrected chi connectivity index (χ0v) is 16.7. The zero-order valence-electron chi connectivity index (χ0n) is 15.1. The Hall–Kier alpha value is -1.80. The number of carbonyl (C=O) groups excluding carboxylic acids is 4. The van der Waals surface area contributed by atoms with Crippen LogP contribution in [0.5, 0.6) is 0 Å². The van der Waals surface area contributed by atoms with Crippen LogP contribution in [-0.4, -0.2) is 46.1 Å². The van der Waals surface area contributed by atoms with Gasteiger partial charge in [-0.3, -0.25) is 19.2 Å². The maximum atomic E-state index is 12.3. The summed E-state index contributed by atoms with van der Waals surface area (Å²) in [6.07, 6.45) is 0. The molecule has 6 nitrogen and oxygen atoms in total. The van der Waals surface area contributed by atoms with E-state index in [0.29, 0.717) is 17.9 Å². The highest BCUT2D eigenvalue weighted by atomic mass is 32.2. The van der Waals surface area contributed by atoms with Crippen LogP contribution < -0.4 is 10.6 Å². The van der Waals surface area contributed by atoms with Crippen LogP contribution in [0.3, 0.4) is 0 Å². The molecule has 142 valence electrons. The molecule has 8 heteroatoms. The molecule has 0 spiro atoms. The molecule has 0 aliphatic carbocycles. The van der Waals surface area contributed by atoms with Crippen molar-refractivity contribution in [3.63, 3.8) is 0 Å². The molecule has 1 rings (SSSR count). The lowest BCUT2D eigenvalue weighted by Gasteiger charge is -2.17. The molecule has 1 aromatic carbocycles. The number of benzene rings is 1. The second-order valence-corrected chi connectivity index (χ2v) is 7.92. The normalized spacial score (nSPS) is 11.7. The SMILES string of the molecule is CC(=O)N[C@@H](CSC(=O)c1ccccc1)C(=O)NCCSC(=O)C(C)C. The number of hydrogen-bond donors (Lipinski definition) is 2. The van der Waals surface area contributed by atoms with Crippen LogP contribution in [0.15, 0.2) is 30.3 Å². The molecule has 0 unspecified atom stereocenters. The molecule has 2 N–H and O–H groups in total. The molecule has 0 aliphatic heterocycles. The highest BCUT2D eigenvalue weighted by Gasteiger charge is 2.21. The first-order valence-corrected chi connectivity index (χ1v) is 10.2. The van der Waals surface area contributed by atoms with E-state index in [2.05, 4.69) is 10.6 Å². The van der Waals surface area contributed by atoms with Crippen molar-refractivity contribution < 1.29 is 19.2 Å². The van der Waals surface area contributed by atoms with E-state index >= 15 is 0 Å². The van der Waals surface area contributed by atoms with Crippen molar-refractivity contribution in [2.24, 2.45) is 5.92 Å². The highest BCUT2D eigenvalue weighted by molar-refractivity contribution is 8.14. The Morgan fingerprint density at radius 2 is 1.69 bits per heavy atom. The van der Waals surface area contributed by atoms with E-state index in [-0.39, 0.29) is 33.7 Å². The predicted molar refractivity (Wildman–Crippen MR) is 106 cm³/mol. The summed E-state index contributed by atoms with van der Waals surface area (Å²) in [6, 6.07) is 7.94. The second kappa shape index (κ2) is 11.7. The van der Waals surface area contributed by atoms with E-state index in [9.17, 15) is 19.2 Å². The van der Waals surface area contributed by atoms with Crippen LogP contribution in [0.2, 0.25) is 0 Å². The van der Waals surface area contributed by atoms with Gasteiger partial charge < -0.3 is 10.6 Å². The average molecular weight is 397 g/mol. The maximum absolute atomic E-state index is 12.3.